The summed E-state index contributed by atoms with van der Waals surface area (Å²) in [4.78, 5) is 0. The van der Waals surface area contributed by atoms with Gasteiger partial charge in [-0.1, -0.05) is 35.9 Å². The summed E-state index contributed by atoms with van der Waals surface area (Å²) in [5, 5.41) is 19.1. The molecule has 0 aliphatic heterocycles. The van der Waals surface area contributed by atoms with E-state index in [9.17, 15) is 10.2 Å². The molecule has 1 aromatic carbocycles. The third-order valence-electron chi connectivity index (χ3n) is 2.64. The fourth-order valence-electron chi connectivity index (χ4n) is 1.74. The first-order valence-corrected chi connectivity index (χ1v) is 5.00. The van der Waals surface area contributed by atoms with Gasteiger partial charge in [-0.3, -0.25) is 0 Å². The Balaban J connectivity index is 2.31. The summed E-state index contributed by atoms with van der Waals surface area (Å²) in [6, 6.07) is 7.97. The summed E-state index contributed by atoms with van der Waals surface area (Å²) in [7, 11) is 0. The van der Waals surface area contributed by atoms with Gasteiger partial charge >= 0.3 is 0 Å². The minimum atomic E-state index is -0.552. The lowest BCUT2D eigenvalue weighted by Gasteiger charge is -2.20. The maximum atomic E-state index is 9.77. The van der Waals surface area contributed by atoms with Crippen molar-refractivity contribution in [1.82, 2.24) is 0 Å². The van der Waals surface area contributed by atoms with E-state index in [1.165, 1.54) is 11.6 Å². The molecule has 2 unspecified atom stereocenters. The van der Waals surface area contributed by atoms with Crippen molar-refractivity contribution < 1.29 is 10.2 Å². The van der Waals surface area contributed by atoms with Gasteiger partial charge in [0.1, 0.15) is 5.76 Å². The van der Waals surface area contributed by atoms with Crippen LogP contribution in [-0.4, -0.2) is 16.3 Å². The number of aliphatic hydroxyl groups is 2. The zero-order valence-corrected chi connectivity index (χ0v) is 8.59. The topological polar surface area (TPSA) is 40.5 Å². The monoisotopic (exact) mass is 202 g/mol. The number of hydrogen-bond donors (Lipinski definition) is 2. The highest BCUT2D eigenvalue weighted by molar-refractivity contribution is 5.34. The van der Waals surface area contributed by atoms with Crippen molar-refractivity contribution in [2.75, 3.05) is 0 Å². The molecule has 2 heteroatoms. The highest BCUT2D eigenvalue weighted by Gasteiger charge is 2.20. The molecule has 0 saturated carbocycles. The molecule has 1 aliphatic carbocycles. The van der Waals surface area contributed by atoms with Gasteiger partial charge in [0, 0.05) is 5.92 Å². The Hall–Kier alpha value is -1.54. The molecular weight excluding hydrogens is 188 g/mol. The largest absolute Gasteiger partial charge is 0.508 e. The quantitative estimate of drug-likeness (QED) is 0.734. The van der Waals surface area contributed by atoms with Crippen molar-refractivity contribution in [2.24, 2.45) is 0 Å². The van der Waals surface area contributed by atoms with Gasteiger partial charge in [-0.25, -0.2) is 0 Å². The van der Waals surface area contributed by atoms with E-state index in [1.807, 2.05) is 31.2 Å². The van der Waals surface area contributed by atoms with E-state index in [0.717, 1.165) is 5.56 Å². The Morgan fingerprint density at radius 1 is 1.13 bits per heavy atom. The van der Waals surface area contributed by atoms with Crippen molar-refractivity contribution in [1.29, 1.82) is 0 Å². The number of aliphatic hydroxyl groups excluding tert-OH is 2. The molecule has 2 N–H and O–H groups in total. The van der Waals surface area contributed by atoms with Gasteiger partial charge in [-0.15, -0.1) is 0 Å². The van der Waals surface area contributed by atoms with Crippen molar-refractivity contribution >= 4 is 0 Å². The van der Waals surface area contributed by atoms with Crippen molar-refractivity contribution in [3.63, 3.8) is 0 Å². The first-order valence-electron chi connectivity index (χ1n) is 5.00. The molecule has 0 radical (unpaired) electrons. The summed E-state index contributed by atoms with van der Waals surface area (Å²) in [5.41, 5.74) is 2.21. The van der Waals surface area contributed by atoms with Gasteiger partial charge in [-0.2, -0.15) is 0 Å². The molecule has 0 spiro atoms. The number of rotatable bonds is 1. The SMILES string of the molecule is Cc1ccc(C2C=C(O)C=CC2O)cc1. The molecule has 0 amide bonds. The molecule has 1 aromatic rings. The van der Waals surface area contributed by atoms with Crippen LogP contribution in [0, 0.1) is 6.92 Å². The Labute approximate surface area is 89.2 Å². The van der Waals surface area contributed by atoms with E-state index >= 15 is 0 Å². The first-order chi connectivity index (χ1) is 7.16. The Morgan fingerprint density at radius 2 is 1.80 bits per heavy atom. The molecule has 1 aliphatic rings. The highest BCUT2D eigenvalue weighted by Crippen LogP contribution is 2.26. The van der Waals surface area contributed by atoms with Gasteiger partial charge in [0.15, 0.2) is 0 Å². The first kappa shape index (κ1) is 9.99. The number of allylic oxidation sites excluding steroid dienone is 1. The molecule has 78 valence electrons. The lowest BCUT2D eigenvalue weighted by atomic mass is 9.89. The fourth-order valence-corrected chi connectivity index (χ4v) is 1.74. The maximum Gasteiger partial charge on any atom is 0.112 e. The van der Waals surface area contributed by atoms with Crippen LogP contribution in [0.1, 0.15) is 17.0 Å². The predicted molar refractivity (Wildman–Crippen MR) is 59.8 cm³/mol. The van der Waals surface area contributed by atoms with Crippen LogP contribution in [0.2, 0.25) is 0 Å². The van der Waals surface area contributed by atoms with Gasteiger partial charge in [0.25, 0.3) is 0 Å². The van der Waals surface area contributed by atoms with E-state index in [4.69, 9.17) is 0 Å². The Kier molecular flexibility index (Phi) is 2.60. The maximum absolute atomic E-state index is 9.77. The molecule has 0 fully saturated rings. The van der Waals surface area contributed by atoms with E-state index < -0.39 is 6.10 Å². The molecule has 0 heterocycles. The lowest BCUT2D eigenvalue weighted by molar-refractivity contribution is 0.201. The van der Waals surface area contributed by atoms with Gasteiger partial charge < -0.3 is 10.2 Å². The van der Waals surface area contributed by atoms with Crippen LogP contribution in [0.25, 0.3) is 0 Å². The zero-order valence-electron chi connectivity index (χ0n) is 8.59. The van der Waals surface area contributed by atoms with Crippen LogP contribution >= 0.6 is 0 Å². The smallest absolute Gasteiger partial charge is 0.112 e. The number of aryl methyl sites for hydroxylation is 1. The van der Waals surface area contributed by atoms with E-state index in [-0.39, 0.29) is 11.7 Å². The van der Waals surface area contributed by atoms with Crippen molar-refractivity contribution in [2.45, 2.75) is 18.9 Å². The predicted octanol–water partition coefficient (Wildman–Crippen LogP) is 2.45. The minimum Gasteiger partial charge on any atom is -0.508 e. The van der Waals surface area contributed by atoms with Crippen LogP contribution in [-0.2, 0) is 0 Å². The van der Waals surface area contributed by atoms with Crippen LogP contribution in [0.3, 0.4) is 0 Å². The average molecular weight is 202 g/mol. The van der Waals surface area contributed by atoms with Crippen LogP contribution in [0.15, 0.2) is 48.3 Å². The van der Waals surface area contributed by atoms with Gasteiger partial charge in [0.2, 0.25) is 0 Å². The Morgan fingerprint density at radius 3 is 2.47 bits per heavy atom. The number of benzene rings is 1. The standard InChI is InChI=1S/C13H14O2/c1-9-2-4-10(5-3-9)12-8-11(14)6-7-13(12)15/h2-8,12-15H,1H3. The summed E-state index contributed by atoms with van der Waals surface area (Å²) < 4.78 is 0. The van der Waals surface area contributed by atoms with E-state index in [2.05, 4.69) is 0 Å². The summed E-state index contributed by atoms with van der Waals surface area (Å²) in [5.74, 6) is 0.0708. The molecule has 2 nitrogen and oxygen atoms in total. The third kappa shape index (κ3) is 2.10. The molecule has 0 saturated heterocycles. The second-order valence-corrected chi connectivity index (χ2v) is 3.88. The fraction of sp³-hybridized carbons (Fsp3) is 0.231. The summed E-state index contributed by atoms with van der Waals surface area (Å²) >= 11 is 0. The van der Waals surface area contributed by atoms with Crippen molar-refractivity contribution in [3.8, 4) is 0 Å². The second kappa shape index (κ2) is 3.91. The third-order valence-corrected chi connectivity index (χ3v) is 2.64. The van der Waals surface area contributed by atoms with E-state index in [0.29, 0.717) is 0 Å². The van der Waals surface area contributed by atoms with Crippen molar-refractivity contribution in [3.05, 3.63) is 59.4 Å². The number of hydrogen-bond acceptors (Lipinski definition) is 2. The highest BCUT2D eigenvalue weighted by atomic mass is 16.3. The van der Waals surface area contributed by atoms with Crippen LogP contribution in [0.4, 0.5) is 0 Å². The molecule has 15 heavy (non-hydrogen) atoms. The molecule has 2 rings (SSSR count). The zero-order chi connectivity index (χ0) is 10.8. The lowest BCUT2D eigenvalue weighted by Crippen LogP contribution is -2.17. The van der Waals surface area contributed by atoms with Gasteiger partial charge in [-0.05, 0) is 24.6 Å². The molecular formula is C13H14O2. The average Bonchev–Trinajstić information content (AvgIpc) is 2.23. The second-order valence-electron chi connectivity index (χ2n) is 3.88. The van der Waals surface area contributed by atoms with E-state index in [1.54, 1.807) is 12.2 Å². The van der Waals surface area contributed by atoms with Gasteiger partial charge in [0.05, 0.1) is 6.10 Å². The van der Waals surface area contributed by atoms with Crippen LogP contribution in [0.5, 0.6) is 0 Å². The molecule has 0 bridgehead atoms. The molecule has 0 aromatic heterocycles. The van der Waals surface area contributed by atoms with Crippen LogP contribution < -0.4 is 0 Å². The minimum absolute atomic E-state index is 0.143. The summed E-state index contributed by atoms with van der Waals surface area (Å²) in [6.07, 6.45) is 4.26. The molecule has 2 atom stereocenters. The Bertz CT molecular complexity index is 401. The summed E-state index contributed by atoms with van der Waals surface area (Å²) in [6.45, 7) is 2.02. The normalized spacial score (nSPS) is 25.1.